The Balaban J connectivity index is 2.46. The van der Waals surface area contributed by atoms with Gasteiger partial charge < -0.3 is 4.74 Å². The molecular weight excluding hydrogens is 268 g/mol. The molecule has 1 aromatic rings. The molecule has 0 aromatic heterocycles. The monoisotopic (exact) mass is 282 g/mol. The maximum Gasteiger partial charge on any atom is 0.330 e. The van der Waals surface area contributed by atoms with Crippen LogP contribution in [0, 0.1) is 0 Å². The predicted octanol–water partition coefficient (Wildman–Crippen LogP) is 0.677. The van der Waals surface area contributed by atoms with E-state index in [-0.39, 0.29) is 10.7 Å². The summed E-state index contributed by atoms with van der Waals surface area (Å²) < 4.78 is 30.7. The van der Waals surface area contributed by atoms with E-state index in [1.165, 1.54) is 13.2 Å². The second-order valence-corrected chi connectivity index (χ2v) is 5.68. The van der Waals surface area contributed by atoms with Crippen LogP contribution in [0.1, 0.15) is 18.9 Å². The van der Waals surface area contributed by atoms with Gasteiger partial charge in [0.15, 0.2) is 0 Å². The molecule has 1 heterocycles. The third kappa shape index (κ3) is 2.46. The summed E-state index contributed by atoms with van der Waals surface area (Å²) in [4.78, 5) is 15.8. The van der Waals surface area contributed by atoms with Crippen LogP contribution in [0.4, 0.5) is 0 Å². The van der Waals surface area contributed by atoms with Crippen molar-refractivity contribution in [1.29, 1.82) is 0 Å². The van der Waals surface area contributed by atoms with E-state index in [0.717, 1.165) is 0 Å². The van der Waals surface area contributed by atoms with E-state index in [0.29, 0.717) is 12.0 Å². The van der Waals surface area contributed by atoms with Crippen LogP contribution in [-0.2, 0) is 19.6 Å². The molecule has 19 heavy (non-hydrogen) atoms. The summed E-state index contributed by atoms with van der Waals surface area (Å²) in [6.45, 7) is 1.78. The van der Waals surface area contributed by atoms with Crippen molar-refractivity contribution in [3.8, 4) is 0 Å². The zero-order valence-electron chi connectivity index (χ0n) is 10.6. The van der Waals surface area contributed by atoms with Crippen molar-refractivity contribution in [2.45, 2.75) is 24.3 Å². The molecule has 1 atom stereocenters. The maximum atomic E-state index is 11.9. The molecule has 0 saturated heterocycles. The van der Waals surface area contributed by atoms with Crippen molar-refractivity contribution < 1.29 is 17.9 Å². The van der Waals surface area contributed by atoms with Gasteiger partial charge in [0.1, 0.15) is 11.9 Å². The second kappa shape index (κ2) is 5.00. The van der Waals surface area contributed by atoms with E-state index in [1.54, 1.807) is 25.1 Å². The Morgan fingerprint density at radius 3 is 2.74 bits per heavy atom. The quantitative estimate of drug-likeness (QED) is 0.826. The number of amidine groups is 1. The van der Waals surface area contributed by atoms with E-state index >= 15 is 0 Å². The number of ether oxygens (including phenoxy) is 1. The van der Waals surface area contributed by atoms with E-state index in [9.17, 15) is 13.2 Å². The van der Waals surface area contributed by atoms with E-state index in [4.69, 9.17) is 0 Å². The molecule has 6 nitrogen and oxygen atoms in total. The maximum absolute atomic E-state index is 11.9. The zero-order chi connectivity index (χ0) is 14.0. The normalized spacial score (nSPS) is 19.6. The number of hydrogen-bond acceptors (Lipinski definition) is 5. The van der Waals surface area contributed by atoms with Gasteiger partial charge in [-0.05, 0) is 18.6 Å². The number of methoxy groups -OCH3 is 1. The fraction of sp³-hybridized carbons (Fsp3) is 0.333. The molecule has 0 amide bonds. The Morgan fingerprint density at radius 2 is 2.11 bits per heavy atom. The molecule has 0 bridgehead atoms. The van der Waals surface area contributed by atoms with Gasteiger partial charge in [-0.15, -0.1) is 0 Å². The van der Waals surface area contributed by atoms with Gasteiger partial charge in [-0.1, -0.05) is 19.1 Å². The number of nitrogens with zero attached hydrogens (tertiary/aromatic N) is 1. The van der Waals surface area contributed by atoms with Crippen LogP contribution >= 0.6 is 0 Å². The van der Waals surface area contributed by atoms with Crippen LogP contribution in [0.15, 0.2) is 34.2 Å². The number of fused-ring (bicyclic) bond motifs is 1. The molecule has 1 aliphatic heterocycles. The molecule has 2 rings (SSSR count). The van der Waals surface area contributed by atoms with E-state index < -0.39 is 22.0 Å². The lowest BCUT2D eigenvalue weighted by Crippen LogP contribution is -2.27. The summed E-state index contributed by atoms with van der Waals surface area (Å²) in [7, 11) is -2.30. The van der Waals surface area contributed by atoms with Crippen molar-refractivity contribution in [1.82, 2.24) is 4.72 Å². The number of benzene rings is 1. The third-order valence-corrected chi connectivity index (χ3v) is 4.20. The average Bonchev–Trinajstić information content (AvgIpc) is 2.67. The number of hydrogen-bond donors (Lipinski definition) is 1. The number of nitrogens with one attached hydrogen (secondary N) is 1. The molecule has 0 fully saturated rings. The number of aliphatic imine (C=N–C) groups is 1. The zero-order valence-corrected chi connectivity index (χ0v) is 11.4. The summed E-state index contributed by atoms with van der Waals surface area (Å²) in [6.07, 6.45) is 0.431. The Bertz CT molecular complexity index is 637. The van der Waals surface area contributed by atoms with E-state index in [1.807, 2.05) is 0 Å². The highest BCUT2D eigenvalue weighted by atomic mass is 32.2. The fourth-order valence-electron chi connectivity index (χ4n) is 1.83. The number of carbonyl (C=O) groups is 1. The lowest BCUT2D eigenvalue weighted by Gasteiger charge is -2.08. The summed E-state index contributed by atoms with van der Waals surface area (Å²) >= 11 is 0. The minimum Gasteiger partial charge on any atom is -0.467 e. The smallest absolute Gasteiger partial charge is 0.330 e. The second-order valence-electron chi connectivity index (χ2n) is 4.03. The number of rotatable bonds is 3. The van der Waals surface area contributed by atoms with Gasteiger partial charge >= 0.3 is 5.97 Å². The van der Waals surface area contributed by atoms with Crippen LogP contribution < -0.4 is 4.72 Å². The average molecular weight is 282 g/mol. The summed E-state index contributed by atoms with van der Waals surface area (Å²) in [5.74, 6) is -0.300. The minimum atomic E-state index is -3.57. The first-order chi connectivity index (χ1) is 8.99. The standard InChI is InChI=1S/C12H14N2O4S/c1-3-9(12(15)18-2)13-11-8-6-4-5-7-10(8)19(16,17)14-11/h4-7,9H,3H2,1-2H3,(H,13,14). The lowest BCUT2D eigenvalue weighted by molar-refractivity contribution is -0.142. The van der Waals surface area contributed by atoms with Crippen molar-refractivity contribution in [2.75, 3.05) is 7.11 Å². The first-order valence-electron chi connectivity index (χ1n) is 5.77. The van der Waals surface area contributed by atoms with Crippen molar-refractivity contribution >= 4 is 21.8 Å². The minimum absolute atomic E-state index is 0.175. The first-order valence-corrected chi connectivity index (χ1v) is 7.25. The molecular formula is C12H14N2O4S. The summed E-state index contributed by atoms with van der Waals surface area (Å²) in [5, 5.41) is 0. The van der Waals surface area contributed by atoms with E-state index in [2.05, 4.69) is 14.5 Å². The lowest BCUT2D eigenvalue weighted by atomic mass is 10.2. The van der Waals surface area contributed by atoms with Crippen LogP contribution in [0.5, 0.6) is 0 Å². The van der Waals surface area contributed by atoms with Gasteiger partial charge in [0, 0.05) is 5.56 Å². The van der Waals surface area contributed by atoms with Crippen molar-refractivity contribution in [3.63, 3.8) is 0 Å². The van der Waals surface area contributed by atoms with Crippen LogP contribution in [0.3, 0.4) is 0 Å². The summed E-state index contributed by atoms with van der Waals surface area (Å²) in [6, 6.07) is 5.79. The highest BCUT2D eigenvalue weighted by Gasteiger charge is 2.31. The third-order valence-electron chi connectivity index (χ3n) is 2.81. The molecule has 1 aliphatic rings. The van der Waals surface area contributed by atoms with Gasteiger partial charge in [0.25, 0.3) is 10.0 Å². The van der Waals surface area contributed by atoms with Gasteiger partial charge in [-0.25, -0.2) is 13.2 Å². The number of sulfonamides is 1. The molecule has 1 N–H and O–H groups in total. The molecule has 1 aromatic carbocycles. The van der Waals surface area contributed by atoms with Crippen LogP contribution in [-0.4, -0.2) is 33.4 Å². The molecule has 0 radical (unpaired) electrons. The largest absolute Gasteiger partial charge is 0.467 e. The molecule has 1 unspecified atom stereocenters. The van der Waals surface area contributed by atoms with Gasteiger partial charge in [0.05, 0.1) is 12.0 Å². The molecule has 102 valence electrons. The van der Waals surface area contributed by atoms with Crippen molar-refractivity contribution in [3.05, 3.63) is 29.8 Å². The highest BCUT2D eigenvalue weighted by molar-refractivity contribution is 7.90. The van der Waals surface area contributed by atoms with Crippen molar-refractivity contribution in [2.24, 2.45) is 4.99 Å². The molecule has 7 heteroatoms. The molecule has 0 spiro atoms. The SMILES string of the molecule is CCC(N=C1NS(=O)(=O)c2ccccc21)C(=O)OC. The van der Waals surface area contributed by atoms with Gasteiger partial charge in [-0.3, -0.25) is 9.71 Å². The number of carbonyl (C=O) groups excluding carboxylic acids is 1. The van der Waals surface area contributed by atoms with Gasteiger partial charge in [-0.2, -0.15) is 0 Å². The highest BCUT2D eigenvalue weighted by Crippen LogP contribution is 2.22. The van der Waals surface area contributed by atoms with Crippen LogP contribution in [0.2, 0.25) is 0 Å². The van der Waals surface area contributed by atoms with Gasteiger partial charge in [0.2, 0.25) is 0 Å². The van der Waals surface area contributed by atoms with Crippen LogP contribution in [0.25, 0.3) is 0 Å². The molecule has 0 aliphatic carbocycles. The Labute approximate surface area is 111 Å². The Morgan fingerprint density at radius 1 is 1.42 bits per heavy atom. The Kier molecular flexibility index (Phi) is 3.57. The fourth-order valence-corrected chi connectivity index (χ4v) is 3.07. The summed E-state index contributed by atoms with van der Waals surface area (Å²) in [5.41, 5.74) is 0.477. The first kappa shape index (κ1) is 13.5. The Hall–Kier alpha value is -1.89. The number of esters is 1. The topological polar surface area (TPSA) is 84.8 Å². The molecule has 0 saturated carbocycles. The predicted molar refractivity (Wildman–Crippen MR) is 69.4 cm³/mol.